The van der Waals surface area contributed by atoms with Crippen molar-refractivity contribution in [3.8, 4) is 0 Å². The largest absolute Gasteiger partial charge is 0.457 e. The van der Waals surface area contributed by atoms with Crippen LogP contribution in [0.3, 0.4) is 0 Å². The van der Waals surface area contributed by atoms with Crippen LogP contribution in [0.25, 0.3) is 0 Å². The molecule has 1 aliphatic rings. The highest BCUT2D eigenvalue weighted by Crippen LogP contribution is 2.28. The van der Waals surface area contributed by atoms with Crippen LogP contribution in [0.2, 0.25) is 0 Å². The van der Waals surface area contributed by atoms with Crippen LogP contribution >= 0.6 is 0 Å². The molecule has 5 nitrogen and oxygen atoms in total. The predicted octanol–water partition coefficient (Wildman–Crippen LogP) is 3.93. The van der Waals surface area contributed by atoms with Gasteiger partial charge in [-0.15, -0.1) is 0 Å². The van der Waals surface area contributed by atoms with Crippen LogP contribution in [0.15, 0.2) is 42.0 Å². The van der Waals surface area contributed by atoms with E-state index < -0.39 is 11.7 Å². The maximum atomic E-state index is 12.5. The molecule has 2 rings (SSSR count). The molecule has 0 aliphatic carbocycles. The SMILES string of the molecule is CC(C)C1C(C(=O)OC(C)(C)C)=CCN1C(=O)OCc1ccccc1. The first kappa shape index (κ1) is 19.0. The van der Waals surface area contributed by atoms with Crippen molar-refractivity contribution in [1.29, 1.82) is 0 Å². The zero-order valence-corrected chi connectivity index (χ0v) is 15.6. The Bertz CT molecular complexity index is 643. The number of esters is 1. The average Bonchev–Trinajstić information content (AvgIpc) is 2.97. The molecule has 5 heteroatoms. The Hall–Kier alpha value is -2.30. The highest BCUT2D eigenvalue weighted by Gasteiger charge is 2.39. The minimum atomic E-state index is -0.569. The van der Waals surface area contributed by atoms with E-state index in [1.165, 1.54) is 0 Å². The quantitative estimate of drug-likeness (QED) is 0.776. The summed E-state index contributed by atoms with van der Waals surface area (Å²) in [5.74, 6) is -0.296. The number of ether oxygens (including phenoxy) is 2. The van der Waals surface area contributed by atoms with E-state index >= 15 is 0 Å². The summed E-state index contributed by atoms with van der Waals surface area (Å²) in [6.07, 6.45) is 1.35. The van der Waals surface area contributed by atoms with Crippen molar-refractivity contribution in [2.24, 2.45) is 5.92 Å². The number of hydrogen-bond acceptors (Lipinski definition) is 4. The second-order valence-corrected chi connectivity index (χ2v) is 7.54. The lowest BCUT2D eigenvalue weighted by molar-refractivity contribution is -0.150. The molecule has 1 aliphatic heterocycles. The Morgan fingerprint density at radius 1 is 1.20 bits per heavy atom. The fourth-order valence-electron chi connectivity index (χ4n) is 2.85. The number of nitrogens with zero attached hydrogens (tertiary/aromatic N) is 1. The van der Waals surface area contributed by atoms with Crippen LogP contribution in [0.4, 0.5) is 4.79 Å². The van der Waals surface area contributed by atoms with E-state index in [9.17, 15) is 9.59 Å². The molecule has 0 fully saturated rings. The lowest BCUT2D eigenvalue weighted by Crippen LogP contribution is -2.43. The Morgan fingerprint density at radius 3 is 2.40 bits per heavy atom. The molecule has 1 atom stereocenters. The van der Waals surface area contributed by atoms with Gasteiger partial charge in [-0.3, -0.25) is 4.90 Å². The Balaban J connectivity index is 2.04. The molecule has 0 saturated carbocycles. The van der Waals surface area contributed by atoms with Gasteiger partial charge >= 0.3 is 12.1 Å². The van der Waals surface area contributed by atoms with Crippen molar-refractivity contribution in [1.82, 2.24) is 4.90 Å². The second kappa shape index (κ2) is 7.72. The van der Waals surface area contributed by atoms with Gasteiger partial charge in [0.05, 0.1) is 11.6 Å². The normalized spacial score (nSPS) is 17.4. The van der Waals surface area contributed by atoms with Crippen LogP contribution < -0.4 is 0 Å². The molecule has 25 heavy (non-hydrogen) atoms. The van der Waals surface area contributed by atoms with E-state index in [1.54, 1.807) is 11.0 Å². The second-order valence-electron chi connectivity index (χ2n) is 7.54. The van der Waals surface area contributed by atoms with E-state index in [1.807, 2.05) is 65.0 Å². The molecule has 1 amide bonds. The lowest BCUT2D eigenvalue weighted by atomic mass is 9.97. The number of carbonyl (C=O) groups excluding carboxylic acids is 2. The number of benzene rings is 1. The topological polar surface area (TPSA) is 55.8 Å². The van der Waals surface area contributed by atoms with E-state index in [0.29, 0.717) is 12.1 Å². The van der Waals surface area contributed by atoms with Crippen LogP contribution in [0.5, 0.6) is 0 Å². The summed E-state index contributed by atoms with van der Waals surface area (Å²) < 4.78 is 10.9. The van der Waals surface area contributed by atoms with E-state index in [-0.39, 0.29) is 24.5 Å². The van der Waals surface area contributed by atoms with Crippen LogP contribution in [-0.4, -0.2) is 35.2 Å². The van der Waals surface area contributed by atoms with Crippen molar-refractivity contribution in [2.45, 2.75) is 52.9 Å². The van der Waals surface area contributed by atoms with Crippen molar-refractivity contribution in [3.63, 3.8) is 0 Å². The van der Waals surface area contributed by atoms with Gasteiger partial charge in [0, 0.05) is 6.54 Å². The fraction of sp³-hybridized carbons (Fsp3) is 0.500. The van der Waals surface area contributed by atoms with Gasteiger partial charge in [-0.25, -0.2) is 9.59 Å². The lowest BCUT2D eigenvalue weighted by Gasteiger charge is -2.30. The zero-order chi connectivity index (χ0) is 18.6. The first-order valence-electron chi connectivity index (χ1n) is 8.60. The third kappa shape index (κ3) is 5.08. The molecule has 0 aromatic heterocycles. The van der Waals surface area contributed by atoms with Gasteiger partial charge in [-0.05, 0) is 32.3 Å². The van der Waals surface area contributed by atoms with E-state index in [2.05, 4.69) is 0 Å². The summed E-state index contributed by atoms with van der Waals surface area (Å²) in [7, 11) is 0. The number of rotatable bonds is 4. The molecular weight excluding hydrogens is 318 g/mol. The minimum Gasteiger partial charge on any atom is -0.457 e. The molecule has 0 saturated heterocycles. The number of hydrogen-bond donors (Lipinski definition) is 0. The van der Waals surface area contributed by atoms with Crippen molar-refractivity contribution in [3.05, 3.63) is 47.5 Å². The first-order valence-corrected chi connectivity index (χ1v) is 8.60. The zero-order valence-electron chi connectivity index (χ0n) is 15.6. The Labute approximate surface area is 149 Å². The molecule has 0 bridgehead atoms. The monoisotopic (exact) mass is 345 g/mol. The molecule has 1 heterocycles. The molecule has 1 unspecified atom stereocenters. The summed E-state index contributed by atoms with van der Waals surface area (Å²) in [5, 5.41) is 0. The molecule has 0 spiro atoms. The number of carbonyl (C=O) groups is 2. The molecule has 136 valence electrons. The smallest absolute Gasteiger partial charge is 0.410 e. The highest BCUT2D eigenvalue weighted by molar-refractivity contribution is 5.92. The first-order chi connectivity index (χ1) is 11.7. The predicted molar refractivity (Wildman–Crippen MR) is 95.9 cm³/mol. The van der Waals surface area contributed by atoms with Gasteiger partial charge in [0.2, 0.25) is 0 Å². The highest BCUT2D eigenvalue weighted by atomic mass is 16.6. The average molecular weight is 345 g/mol. The summed E-state index contributed by atoms with van der Waals surface area (Å²) >= 11 is 0. The maximum absolute atomic E-state index is 12.5. The summed E-state index contributed by atoms with van der Waals surface area (Å²) in [5.41, 5.74) is 0.888. The summed E-state index contributed by atoms with van der Waals surface area (Å²) in [4.78, 5) is 26.5. The summed E-state index contributed by atoms with van der Waals surface area (Å²) in [6, 6.07) is 9.19. The molecule has 0 radical (unpaired) electrons. The molecular formula is C20H27NO4. The van der Waals surface area contributed by atoms with Crippen LogP contribution in [0.1, 0.15) is 40.2 Å². The number of amides is 1. The fourth-order valence-corrected chi connectivity index (χ4v) is 2.85. The van der Waals surface area contributed by atoms with Gasteiger partial charge in [0.15, 0.2) is 0 Å². The van der Waals surface area contributed by atoms with Gasteiger partial charge in [0.25, 0.3) is 0 Å². The minimum absolute atomic E-state index is 0.0746. The van der Waals surface area contributed by atoms with Gasteiger partial charge in [0.1, 0.15) is 12.2 Å². The van der Waals surface area contributed by atoms with Crippen LogP contribution in [-0.2, 0) is 20.9 Å². The summed E-state index contributed by atoms with van der Waals surface area (Å²) in [6.45, 7) is 10.0. The maximum Gasteiger partial charge on any atom is 0.410 e. The molecule has 1 aromatic rings. The van der Waals surface area contributed by atoms with Gasteiger partial charge in [-0.1, -0.05) is 50.3 Å². The van der Waals surface area contributed by atoms with E-state index in [4.69, 9.17) is 9.47 Å². The van der Waals surface area contributed by atoms with Crippen LogP contribution in [0, 0.1) is 5.92 Å². The van der Waals surface area contributed by atoms with Crippen molar-refractivity contribution < 1.29 is 19.1 Å². The standard InChI is InChI=1S/C20H27NO4/c1-14(2)17-16(18(22)25-20(3,4)5)11-12-21(17)19(23)24-13-15-9-7-6-8-10-15/h6-11,14,17H,12-13H2,1-5H3. The van der Waals surface area contributed by atoms with Gasteiger partial charge in [-0.2, -0.15) is 0 Å². The Kier molecular flexibility index (Phi) is 5.88. The van der Waals surface area contributed by atoms with E-state index in [0.717, 1.165) is 5.56 Å². The molecule has 0 N–H and O–H groups in total. The Morgan fingerprint density at radius 2 is 1.84 bits per heavy atom. The van der Waals surface area contributed by atoms with Crippen molar-refractivity contribution in [2.75, 3.05) is 6.54 Å². The third-order valence-corrected chi connectivity index (χ3v) is 3.87. The van der Waals surface area contributed by atoms with Gasteiger partial charge < -0.3 is 9.47 Å². The molecule has 1 aromatic carbocycles. The van der Waals surface area contributed by atoms with Crippen molar-refractivity contribution >= 4 is 12.1 Å². The third-order valence-electron chi connectivity index (χ3n) is 3.87.